The minimum Gasteiger partial charge on any atom is -0.490 e. The summed E-state index contributed by atoms with van der Waals surface area (Å²) in [6.07, 6.45) is 12.7. The second kappa shape index (κ2) is 13.9. The van der Waals surface area contributed by atoms with Gasteiger partial charge in [0.2, 0.25) is 0 Å². The Bertz CT molecular complexity index is 1830. The summed E-state index contributed by atoms with van der Waals surface area (Å²) in [4.78, 5) is 31.4. The van der Waals surface area contributed by atoms with E-state index in [2.05, 4.69) is 51.3 Å². The fraction of sp³-hybridized carbons (Fsp3) is 0.600. The zero-order valence-corrected chi connectivity index (χ0v) is 31.0. The largest absolute Gasteiger partial charge is 0.490 e. The van der Waals surface area contributed by atoms with Gasteiger partial charge in [-0.05, 0) is 105 Å². The Balaban J connectivity index is 1.14. The topological polar surface area (TPSA) is 110 Å². The number of nitrogens with one attached hydrogen (secondary N) is 1. The van der Waals surface area contributed by atoms with Gasteiger partial charge in [0.25, 0.3) is 5.91 Å². The number of ether oxygens (including phenoxy) is 3. The standard InChI is InChI=1S/C40H52N4O6S/c1-26-9-15-34-28(18-26)7-5-17-40(34)24-44-20-30-10-14-33(30)36(48-3)8-4-6-27(2)23-51(47,42-39(46)43-21-32(22-43)50-31-12-13-31)41-38(45)29-11-16-37(49-25-40)35(44)19-29/h4,8-9,11,15-16,18-19,27,30-33,36H,5-7,10,12-14,17,20-25H2,1-3H3,(H,41,42,45,46,47)/b8-4+/t27-,30-,33+,36-,40-,51?/m0/s1. The van der Waals surface area contributed by atoms with Crippen LogP contribution in [0.15, 0.2) is 52.9 Å². The third-order valence-corrected chi connectivity index (χ3v) is 14.0. The molecule has 3 fully saturated rings. The molecule has 0 aromatic heterocycles. The molecule has 2 aromatic carbocycles. The highest BCUT2D eigenvalue weighted by atomic mass is 32.2. The van der Waals surface area contributed by atoms with Crippen molar-refractivity contribution in [1.29, 1.82) is 0 Å². The van der Waals surface area contributed by atoms with Crippen LogP contribution in [0.5, 0.6) is 5.75 Å². The molecule has 10 nitrogen and oxygen atoms in total. The van der Waals surface area contributed by atoms with Gasteiger partial charge in [0, 0.05) is 31.2 Å². The number of amides is 3. The lowest BCUT2D eigenvalue weighted by Gasteiger charge is -2.46. The lowest BCUT2D eigenvalue weighted by molar-refractivity contribution is -0.0434. The Morgan fingerprint density at radius 3 is 2.69 bits per heavy atom. The van der Waals surface area contributed by atoms with E-state index in [0.717, 1.165) is 69.5 Å². The molecular weight excluding hydrogens is 665 g/mol. The average Bonchev–Trinajstić information content (AvgIpc) is 3.90. The third-order valence-electron chi connectivity index (χ3n) is 12.0. The first-order valence-corrected chi connectivity index (χ1v) is 20.6. The van der Waals surface area contributed by atoms with E-state index >= 15 is 0 Å². The molecule has 2 aromatic rings. The van der Waals surface area contributed by atoms with Gasteiger partial charge < -0.3 is 24.0 Å². The van der Waals surface area contributed by atoms with Crippen molar-refractivity contribution in [3.8, 4) is 5.75 Å². The van der Waals surface area contributed by atoms with Crippen molar-refractivity contribution in [2.45, 2.75) is 88.9 Å². The van der Waals surface area contributed by atoms with Gasteiger partial charge in [-0.2, -0.15) is 0 Å². The first-order valence-electron chi connectivity index (χ1n) is 18.9. The number of fused-ring (bicyclic) bond motifs is 4. The predicted octanol–water partition coefficient (Wildman–Crippen LogP) is 6.20. The van der Waals surface area contributed by atoms with Crippen molar-refractivity contribution in [3.05, 3.63) is 70.8 Å². The molecule has 3 aliphatic carbocycles. The molecule has 1 unspecified atom stereocenters. The number of rotatable bonds is 4. The molecule has 3 aliphatic heterocycles. The minimum atomic E-state index is -3.46. The second-order valence-electron chi connectivity index (χ2n) is 16.1. The molecule has 3 amide bonds. The number of hydrogen-bond acceptors (Lipinski definition) is 7. The molecule has 274 valence electrons. The normalized spacial score (nSPS) is 33.0. The molecule has 2 bridgehead atoms. The predicted molar refractivity (Wildman–Crippen MR) is 198 cm³/mol. The number of aryl methyl sites for hydroxylation is 2. The summed E-state index contributed by atoms with van der Waals surface area (Å²) in [6.45, 7) is 7.16. The molecule has 3 heterocycles. The summed E-state index contributed by atoms with van der Waals surface area (Å²) in [5, 5.41) is 0. The van der Waals surface area contributed by atoms with E-state index in [0.29, 0.717) is 49.6 Å². The molecule has 51 heavy (non-hydrogen) atoms. The number of anilines is 1. The van der Waals surface area contributed by atoms with E-state index in [1.807, 2.05) is 19.1 Å². The summed E-state index contributed by atoms with van der Waals surface area (Å²) >= 11 is 0. The summed E-state index contributed by atoms with van der Waals surface area (Å²) in [6, 6.07) is 11.8. The Hall–Kier alpha value is -3.41. The van der Waals surface area contributed by atoms with Gasteiger partial charge in [0.15, 0.2) is 0 Å². The van der Waals surface area contributed by atoms with Crippen LogP contribution in [-0.4, -0.2) is 85.0 Å². The molecule has 11 heteroatoms. The van der Waals surface area contributed by atoms with Gasteiger partial charge in [-0.25, -0.2) is 9.00 Å². The van der Waals surface area contributed by atoms with Crippen LogP contribution in [-0.2, 0) is 31.2 Å². The number of carbonyl (C=O) groups is 2. The monoisotopic (exact) mass is 716 g/mol. The Labute approximate surface area is 302 Å². The van der Waals surface area contributed by atoms with Gasteiger partial charge >= 0.3 is 6.03 Å². The fourth-order valence-electron chi connectivity index (χ4n) is 8.89. The van der Waals surface area contributed by atoms with Crippen molar-refractivity contribution < 1.29 is 28.0 Å². The van der Waals surface area contributed by atoms with Crippen LogP contribution in [0.25, 0.3) is 0 Å². The molecule has 6 atom stereocenters. The molecule has 1 saturated heterocycles. The van der Waals surface area contributed by atoms with Gasteiger partial charge in [-0.15, -0.1) is 4.36 Å². The smallest absolute Gasteiger partial charge is 0.330 e. The van der Waals surface area contributed by atoms with Crippen LogP contribution in [0.3, 0.4) is 0 Å². The molecule has 8 rings (SSSR count). The fourth-order valence-corrected chi connectivity index (χ4v) is 10.8. The Morgan fingerprint density at radius 1 is 1.08 bits per heavy atom. The number of likely N-dealkylation sites (tertiary alicyclic amines) is 1. The van der Waals surface area contributed by atoms with Gasteiger partial charge in [-0.3, -0.25) is 9.52 Å². The maximum absolute atomic E-state index is 14.5. The van der Waals surface area contributed by atoms with Crippen molar-refractivity contribution in [2.24, 2.45) is 22.1 Å². The zero-order valence-electron chi connectivity index (χ0n) is 30.2. The molecular formula is C40H52N4O6S. The van der Waals surface area contributed by atoms with Gasteiger partial charge in [-0.1, -0.05) is 42.8 Å². The van der Waals surface area contributed by atoms with E-state index < -0.39 is 21.9 Å². The van der Waals surface area contributed by atoms with E-state index in [1.54, 1.807) is 18.1 Å². The molecule has 2 saturated carbocycles. The van der Waals surface area contributed by atoms with Crippen LogP contribution < -0.4 is 14.4 Å². The maximum atomic E-state index is 14.5. The van der Waals surface area contributed by atoms with Crippen LogP contribution in [0.4, 0.5) is 10.5 Å². The molecule has 0 radical (unpaired) electrons. The van der Waals surface area contributed by atoms with E-state index in [4.69, 9.17) is 14.2 Å². The number of methoxy groups -OCH3 is 1. The summed E-state index contributed by atoms with van der Waals surface area (Å²) in [5.41, 5.74) is 5.05. The van der Waals surface area contributed by atoms with E-state index in [9.17, 15) is 13.8 Å². The third kappa shape index (κ3) is 7.18. The summed E-state index contributed by atoms with van der Waals surface area (Å²) in [5.74, 6) is 0.872. The summed E-state index contributed by atoms with van der Waals surface area (Å²) < 4.78 is 40.2. The van der Waals surface area contributed by atoms with Crippen molar-refractivity contribution in [1.82, 2.24) is 9.62 Å². The zero-order chi connectivity index (χ0) is 35.3. The maximum Gasteiger partial charge on any atom is 0.330 e. The van der Waals surface area contributed by atoms with Crippen LogP contribution in [0.2, 0.25) is 0 Å². The van der Waals surface area contributed by atoms with Crippen molar-refractivity contribution in [2.75, 3.05) is 50.5 Å². The van der Waals surface area contributed by atoms with Crippen molar-refractivity contribution in [3.63, 3.8) is 0 Å². The SMILES string of the molecule is CO[C@H]1/C=C/C[C@H](C)CS(=O)(NC(=O)N2CC(OC3CC3)C2)=NC(=O)c2ccc3c(c2)N(C[C@@H]2CC[C@H]21)C[C@@]1(CCCc2cc(C)ccc21)CO3. The lowest BCUT2D eigenvalue weighted by Crippen LogP contribution is -2.58. The Morgan fingerprint density at radius 2 is 1.92 bits per heavy atom. The molecule has 6 aliphatic rings. The van der Waals surface area contributed by atoms with Crippen LogP contribution >= 0.6 is 0 Å². The van der Waals surface area contributed by atoms with Crippen molar-refractivity contribution >= 4 is 27.5 Å². The van der Waals surface area contributed by atoms with Gasteiger partial charge in [0.1, 0.15) is 15.7 Å². The van der Waals surface area contributed by atoms with Crippen LogP contribution in [0, 0.1) is 24.7 Å². The highest BCUT2D eigenvalue weighted by molar-refractivity contribution is 7.92. The number of benzene rings is 2. The number of nitrogens with zero attached hydrogens (tertiary/aromatic N) is 3. The number of allylic oxidation sites excluding steroid dienone is 1. The molecule has 1 spiro atoms. The first-order chi connectivity index (χ1) is 24.6. The Kier molecular flexibility index (Phi) is 9.42. The quantitative estimate of drug-likeness (QED) is 0.376. The summed E-state index contributed by atoms with van der Waals surface area (Å²) in [7, 11) is -1.67. The van der Waals surface area contributed by atoms with E-state index in [1.165, 1.54) is 16.7 Å². The van der Waals surface area contributed by atoms with Crippen LogP contribution in [0.1, 0.15) is 78.9 Å². The number of hydrogen-bond donors (Lipinski definition) is 1. The van der Waals surface area contributed by atoms with E-state index in [-0.39, 0.29) is 29.3 Å². The average molecular weight is 717 g/mol. The second-order valence-corrected chi connectivity index (χ2v) is 18.1. The highest BCUT2D eigenvalue weighted by Crippen LogP contribution is 2.47. The lowest BCUT2D eigenvalue weighted by atomic mass is 9.68. The molecule has 1 N–H and O–H groups in total. The number of carbonyl (C=O) groups excluding carboxylic acids is 2. The minimum absolute atomic E-state index is 0.000393. The first kappa shape index (κ1) is 34.7. The number of urea groups is 1. The highest BCUT2D eigenvalue weighted by Gasteiger charge is 2.44. The van der Waals surface area contributed by atoms with Gasteiger partial charge in [0.05, 0.1) is 49.4 Å².